The van der Waals surface area contributed by atoms with Crippen molar-refractivity contribution in [2.24, 2.45) is 0 Å². The number of benzene rings is 2. The SMILES string of the molecule is CC1Cc2ccccc2N1C(=O)c1ccc(N2CCc3ccccc32)nc1. The molecular formula is C23H21N3O. The van der Waals surface area contributed by atoms with E-state index in [4.69, 9.17) is 0 Å². The van der Waals surface area contributed by atoms with Crippen LogP contribution in [0.3, 0.4) is 0 Å². The molecule has 27 heavy (non-hydrogen) atoms. The van der Waals surface area contributed by atoms with Gasteiger partial charge in [0.15, 0.2) is 0 Å². The van der Waals surface area contributed by atoms with Crippen molar-refractivity contribution in [3.63, 3.8) is 0 Å². The fourth-order valence-electron chi connectivity index (χ4n) is 4.26. The van der Waals surface area contributed by atoms with Crippen molar-refractivity contribution in [1.29, 1.82) is 0 Å². The molecule has 2 aliphatic rings. The molecule has 1 amide bonds. The van der Waals surface area contributed by atoms with Gasteiger partial charge < -0.3 is 9.80 Å². The highest BCUT2D eigenvalue weighted by Crippen LogP contribution is 2.35. The number of pyridine rings is 1. The summed E-state index contributed by atoms with van der Waals surface area (Å²) in [5.74, 6) is 0.916. The van der Waals surface area contributed by atoms with Crippen LogP contribution >= 0.6 is 0 Å². The Bertz CT molecular complexity index is 1010. The molecule has 0 aliphatic carbocycles. The number of anilines is 3. The van der Waals surface area contributed by atoms with Crippen LogP contribution in [0.15, 0.2) is 66.9 Å². The van der Waals surface area contributed by atoms with Gasteiger partial charge in [-0.15, -0.1) is 0 Å². The molecular weight excluding hydrogens is 334 g/mol. The minimum Gasteiger partial charge on any atom is -0.326 e. The molecule has 3 heterocycles. The Morgan fingerprint density at radius 2 is 1.70 bits per heavy atom. The molecule has 0 spiro atoms. The standard InChI is InChI=1S/C23H21N3O/c1-16-14-18-7-3-5-9-21(18)26(16)23(27)19-10-11-22(24-15-19)25-13-12-17-6-2-4-8-20(17)25/h2-11,15-16H,12-14H2,1H3. The molecule has 1 atom stereocenters. The van der Waals surface area contributed by atoms with Crippen LogP contribution in [-0.4, -0.2) is 23.5 Å². The van der Waals surface area contributed by atoms with Crippen LogP contribution in [0.25, 0.3) is 0 Å². The first-order chi connectivity index (χ1) is 13.2. The quantitative estimate of drug-likeness (QED) is 0.685. The van der Waals surface area contributed by atoms with Gasteiger partial charge in [-0.05, 0) is 55.2 Å². The molecule has 0 radical (unpaired) electrons. The number of carbonyl (C=O) groups is 1. The van der Waals surface area contributed by atoms with Crippen LogP contribution in [0.5, 0.6) is 0 Å². The van der Waals surface area contributed by atoms with Gasteiger partial charge in [0.2, 0.25) is 0 Å². The maximum absolute atomic E-state index is 13.1. The maximum Gasteiger partial charge on any atom is 0.260 e. The normalized spacial score (nSPS) is 17.7. The third-order valence-corrected chi connectivity index (χ3v) is 5.58. The van der Waals surface area contributed by atoms with E-state index in [9.17, 15) is 4.79 Å². The predicted molar refractivity (Wildman–Crippen MR) is 108 cm³/mol. The maximum atomic E-state index is 13.1. The summed E-state index contributed by atoms with van der Waals surface area (Å²) in [5, 5.41) is 0. The van der Waals surface area contributed by atoms with Crippen molar-refractivity contribution in [1.82, 2.24) is 4.98 Å². The number of amides is 1. The number of rotatable bonds is 2. The first-order valence-corrected chi connectivity index (χ1v) is 9.45. The Morgan fingerprint density at radius 1 is 0.963 bits per heavy atom. The van der Waals surface area contributed by atoms with E-state index in [1.165, 1.54) is 16.8 Å². The van der Waals surface area contributed by atoms with Crippen LogP contribution in [0.2, 0.25) is 0 Å². The van der Waals surface area contributed by atoms with Crippen LogP contribution in [0.1, 0.15) is 28.4 Å². The Labute approximate surface area is 159 Å². The van der Waals surface area contributed by atoms with E-state index in [2.05, 4.69) is 47.1 Å². The highest BCUT2D eigenvalue weighted by molar-refractivity contribution is 6.07. The Balaban J connectivity index is 1.42. The molecule has 1 unspecified atom stereocenters. The average molecular weight is 355 g/mol. The van der Waals surface area contributed by atoms with Gasteiger partial charge in [-0.3, -0.25) is 4.79 Å². The molecule has 0 fully saturated rings. The lowest BCUT2D eigenvalue weighted by molar-refractivity contribution is 0.0981. The van der Waals surface area contributed by atoms with Crippen LogP contribution in [0, 0.1) is 0 Å². The summed E-state index contributed by atoms with van der Waals surface area (Å²) in [7, 11) is 0. The summed E-state index contributed by atoms with van der Waals surface area (Å²) in [5.41, 5.74) is 5.45. The van der Waals surface area contributed by atoms with Crippen molar-refractivity contribution < 1.29 is 4.79 Å². The predicted octanol–water partition coefficient (Wildman–Crippen LogP) is 4.37. The van der Waals surface area contributed by atoms with Gasteiger partial charge in [0, 0.05) is 30.2 Å². The van der Waals surface area contributed by atoms with E-state index in [1.54, 1.807) is 6.20 Å². The van der Waals surface area contributed by atoms with E-state index in [0.717, 1.165) is 30.9 Å². The molecule has 0 saturated heterocycles. The highest BCUT2D eigenvalue weighted by Gasteiger charge is 2.31. The van der Waals surface area contributed by atoms with E-state index in [-0.39, 0.29) is 11.9 Å². The number of hydrogen-bond acceptors (Lipinski definition) is 3. The lowest BCUT2D eigenvalue weighted by atomic mass is 10.1. The highest BCUT2D eigenvalue weighted by atomic mass is 16.2. The monoisotopic (exact) mass is 355 g/mol. The number of hydrogen-bond donors (Lipinski definition) is 0. The van der Waals surface area contributed by atoms with Gasteiger partial charge in [-0.2, -0.15) is 0 Å². The molecule has 4 nitrogen and oxygen atoms in total. The topological polar surface area (TPSA) is 36.4 Å². The van der Waals surface area contributed by atoms with E-state index < -0.39 is 0 Å². The molecule has 0 bridgehead atoms. The first kappa shape index (κ1) is 16.1. The van der Waals surface area contributed by atoms with Crippen LogP contribution in [0.4, 0.5) is 17.2 Å². The summed E-state index contributed by atoms with van der Waals surface area (Å²) < 4.78 is 0. The second-order valence-electron chi connectivity index (χ2n) is 7.29. The van der Waals surface area contributed by atoms with Gasteiger partial charge in [0.05, 0.1) is 5.56 Å². The fourth-order valence-corrected chi connectivity index (χ4v) is 4.26. The van der Waals surface area contributed by atoms with Crippen molar-refractivity contribution in [3.05, 3.63) is 83.6 Å². The van der Waals surface area contributed by atoms with Crippen molar-refractivity contribution in [3.8, 4) is 0 Å². The Hall–Kier alpha value is -3.14. The third-order valence-electron chi connectivity index (χ3n) is 5.58. The minimum absolute atomic E-state index is 0.0216. The van der Waals surface area contributed by atoms with E-state index >= 15 is 0 Å². The zero-order valence-corrected chi connectivity index (χ0v) is 15.3. The van der Waals surface area contributed by atoms with Crippen LogP contribution < -0.4 is 9.80 Å². The van der Waals surface area contributed by atoms with Gasteiger partial charge in [0.25, 0.3) is 5.91 Å². The summed E-state index contributed by atoms with van der Waals surface area (Å²) in [6.45, 7) is 3.02. The summed E-state index contributed by atoms with van der Waals surface area (Å²) in [4.78, 5) is 21.9. The van der Waals surface area contributed by atoms with Crippen molar-refractivity contribution in [2.45, 2.75) is 25.8 Å². The number of fused-ring (bicyclic) bond motifs is 2. The zero-order valence-electron chi connectivity index (χ0n) is 15.3. The Kier molecular flexibility index (Phi) is 3.71. The number of aromatic nitrogens is 1. The van der Waals surface area contributed by atoms with Gasteiger partial charge in [-0.25, -0.2) is 4.98 Å². The molecule has 2 aromatic carbocycles. The van der Waals surface area contributed by atoms with Gasteiger partial charge in [0.1, 0.15) is 5.82 Å². The largest absolute Gasteiger partial charge is 0.326 e. The Morgan fingerprint density at radius 3 is 2.48 bits per heavy atom. The second-order valence-corrected chi connectivity index (χ2v) is 7.29. The van der Waals surface area contributed by atoms with E-state index in [1.807, 2.05) is 35.2 Å². The number of para-hydroxylation sites is 2. The number of nitrogens with zero attached hydrogens (tertiary/aromatic N) is 3. The fraction of sp³-hybridized carbons (Fsp3) is 0.217. The average Bonchev–Trinajstić information content (AvgIpc) is 3.28. The molecule has 0 saturated carbocycles. The lowest BCUT2D eigenvalue weighted by Gasteiger charge is -2.23. The third kappa shape index (κ3) is 2.60. The minimum atomic E-state index is 0.0216. The number of carbonyl (C=O) groups excluding carboxylic acids is 1. The lowest BCUT2D eigenvalue weighted by Crippen LogP contribution is -2.35. The first-order valence-electron chi connectivity index (χ1n) is 9.45. The summed E-state index contributed by atoms with van der Waals surface area (Å²) in [6, 6.07) is 20.6. The van der Waals surface area contributed by atoms with Gasteiger partial charge >= 0.3 is 0 Å². The smallest absolute Gasteiger partial charge is 0.260 e. The molecule has 1 aromatic heterocycles. The second kappa shape index (κ2) is 6.23. The summed E-state index contributed by atoms with van der Waals surface area (Å²) >= 11 is 0. The zero-order chi connectivity index (χ0) is 18.4. The van der Waals surface area contributed by atoms with Crippen molar-refractivity contribution >= 4 is 23.1 Å². The molecule has 0 N–H and O–H groups in total. The molecule has 3 aromatic rings. The summed E-state index contributed by atoms with van der Waals surface area (Å²) in [6.07, 6.45) is 3.64. The van der Waals surface area contributed by atoms with Crippen molar-refractivity contribution in [2.75, 3.05) is 16.3 Å². The molecule has 2 aliphatic heterocycles. The molecule has 134 valence electrons. The molecule has 4 heteroatoms. The van der Waals surface area contributed by atoms with Gasteiger partial charge in [-0.1, -0.05) is 36.4 Å². The van der Waals surface area contributed by atoms with Crippen LogP contribution in [-0.2, 0) is 12.8 Å². The van der Waals surface area contributed by atoms with E-state index in [0.29, 0.717) is 5.56 Å². The molecule has 5 rings (SSSR count).